The van der Waals surface area contributed by atoms with Crippen molar-refractivity contribution in [1.29, 1.82) is 0 Å². The molecule has 0 atom stereocenters. The Morgan fingerprint density at radius 2 is 1.90 bits per heavy atom. The number of morpholine rings is 1. The molecule has 6 rings (SSSR count). The van der Waals surface area contributed by atoms with E-state index in [2.05, 4.69) is 16.3 Å². The third-order valence-electron chi connectivity index (χ3n) is 6.23. The van der Waals surface area contributed by atoms with Crippen molar-refractivity contribution in [1.82, 2.24) is 14.9 Å². The van der Waals surface area contributed by atoms with E-state index in [1.165, 1.54) is 28.7 Å². The van der Waals surface area contributed by atoms with Gasteiger partial charge in [-0.25, -0.2) is 9.97 Å². The number of ether oxygens (including phenoxy) is 3. The summed E-state index contributed by atoms with van der Waals surface area (Å²) in [5.74, 6) is 3.48. The normalized spacial score (nSPS) is 18.3. The molecule has 2 aliphatic heterocycles. The lowest BCUT2D eigenvalue weighted by molar-refractivity contribution is 0.0331. The largest absolute Gasteiger partial charge is 0.454 e. The van der Waals surface area contributed by atoms with E-state index in [9.17, 15) is 0 Å². The summed E-state index contributed by atoms with van der Waals surface area (Å²) in [6.45, 7) is 5.18. The lowest BCUT2D eigenvalue weighted by Crippen LogP contribution is -2.36. The Bertz CT molecular complexity index is 1110. The van der Waals surface area contributed by atoms with E-state index in [4.69, 9.17) is 24.2 Å². The smallest absolute Gasteiger partial charge is 0.231 e. The number of aryl methyl sites for hydroxylation is 2. The summed E-state index contributed by atoms with van der Waals surface area (Å²) in [5.41, 5.74) is 2.60. The summed E-state index contributed by atoms with van der Waals surface area (Å²) in [7, 11) is 0. The maximum Gasteiger partial charge on any atom is 0.231 e. The standard InChI is InChI=1S/C23H26N4O3S/c1-2-4-19-16(3-1)21-22(24-12-15-5-6-17-18(11-15)30-14-29-17)25-20(26-23(21)31-19)13-27-7-9-28-10-8-27/h5-6,11H,1-4,7-10,12-14H2,(H,24,25,26). The third kappa shape index (κ3) is 3.84. The van der Waals surface area contributed by atoms with Crippen LogP contribution in [0.3, 0.4) is 0 Å². The van der Waals surface area contributed by atoms with E-state index >= 15 is 0 Å². The molecule has 0 saturated carbocycles. The van der Waals surface area contributed by atoms with Gasteiger partial charge in [-0.05, 0) is 48.9 Å². The van der Waals surface area contributed by atoms with Crippen molar-refractivity contribution in [3.8, 4) is 11.5 Å². The van der Waals surface area contributed by atoms with Gasteiger partial charge in [-0.3, -0.25) is 4.90 Å². The monoisotopic (exact) mass is 438 g/mol. The van der Waals surface area contributed by atoms with E-state index in [-0.39, 0.29) is 0 Å². The molecule has 0 radical (unpaired) electrons. The fourth-order valence-electron chi connectivity index (χ4n) is 4.60. The Hall–Kier alpha value is -2.42. The zero-order valence-electron chi connectivity index (χ0n) is 17.5. The van der Waals surface area contributed by atoms with Crippen LogP contribution >= 0.6 is 11.3 Å². The molecule has 1 aliphatic carbocycles. The van der Waals surface area contributed by atoms with Gasteiger partial charge in [0, 0.05) is 24.5 Å². The van der Waals surface area contributed by atoms with Crippen molar-refractivity contribution in [2.24, 2.45) is 0 Å². The van der Waals surface area contributed by atoms with Crippen molar-refractivity contribution in [2.45, 2.75) is 38.8 Å². The van der Waals surface area contributed by atoms with Gasteiger partial charge in [0.15, 0.2) is 11.5 Å². The highest BCUT2D eigenvalue weighted by atomic mass is 32.1. The quantitative estimate of drug-likeness (QED) is 0.651. The van der Waals surface area contributed by atoms with Crippen molar-refractivity contribution >= 4 is 27.4 Å². The molecule has 1 fully saturated rings. The van der Waals surface area contributed by atoms with Crippen LogP contribution in [0.5, 0.6) is 11.5 Å². The molecule has 4 heterocycles. The molecule has 31 heavy (non-hydrogen) atoms. The molecular formula is C23H26N4O3S. The minimum atomic E-state index is 0.296. The molecule has 0 amide bonds. The Labute approximate surface area is 185 Å². The SMILES string of the molecule is c1cc2c(cc1CNc1nc(CN3CCOCC3)nc3sc4c(c13)CCCC4)OCO2. The van der Waals surface area contributed by atoms with Gasteiger partial charge in [0.1, 0.15) is 16.5 Å². The van der Waals surface area contributed by atoms with Gasteiger partial charge in [-0.2, -0.15) is 0 Å². The molecule has 3 aromatic rings. The maximum absolute atomic E-state index is 5.54. The average molecular weight is 439 g/mol. The van der Waals surface area contributed by atoms with Crippen molar-refractivity contribution in [2.75, 3.05) is 38.4 Å². The second-order valence-electron chi connectivity index (χ2n) is 8.31. The van der Waals surface area contributed by atoms with Crippen LogP contribution in [0.15, 0.2) is 18.2 Å². The highest BCUT2D eigenvalue weighted by Gasteiger charge is 2.22. The van der Waals surface area contributed by atoms with Gasteiger partial charge in [0.2, 0.25) is 6.79 Å². The number of thiophene rings is 1. The Morgan fingerprint density at radius 1 is 1.03 bits per heavy atom. The number of nitrogens with one attached hydrogen (secondary N) is 1. The molecule has 2 aromatic heterocycles. The molecule has 162 valence electrons. The summed E-state index contributed by atoms with van der Waals surface area (Å²) in [6, 6.07) is 6.10. The number of hydrogen-bond donors (Lipinski definition) is 1. The molecule has 0 spiro atoms. The number of aromatic nitrogens is 2. The van der Waals surface area contributed by atoms with Gasteiger partial charge in [-0.15, -0.1) is 11.3 Å². The Balaban J connectivity index is 1.32. The summed E-state index contributed by atoms with van der Waals surface area (Å²) in [4.78, 5) is 15.0. The summed E-state index contributed by atoms with van der Waals surface area (Å²) < 4.78 is 16.5. The topological polar surface area (TPSA) is 68.7 Å². The fraction of sp³-hybridized carbons (Fsp3) is 0.478. The van der Waals surface area contributed by atoms with Crippen molar-refractivity contribution in [3.05, 3.63) is 40.0 Å². The first-order chi connectivity index (χ1) is 15.3. The number of fused-ring (bicyclic) bond motifs is 4. The molecule has 3 aliphatic rings. The maximum atomic E-state index is 5.54. The minimum Gasteiger partial charge on any atom is -0.454 e. The molecular weight excluding hydrogens is 412 g/mol. The van der Waals surface area contributed by atoms with E-state index in [1.54, 1.807) is 0 Å². The van der Waals surface area contributed by atoms with E-state index in [0.29, 0.717) is 13.3 Å². The van der Waals surface area contributed by atoms with Gasteiger partial charge in [-0.1, -0.05) is 6.07 Å². The van der Waals surface area contributed by atoms with Crippen molar-refractivity contribution < 1.29 is 14.2 Å². The van der Waals surface area contributed by atoms with Gasteiger partial charge in [0.05, 0.1) is 25.1 Å². The highest BCUT2D eigenvalue weighted by Crippen LogP contribution is 2.39. The number of hydrogen-bond acceptors (Lipinski definition) is 8. The predicted molar refractivity (Wildman–Crippen MR) is 120 cm³/mol. The lowest BCUT2D eigenvalue weighted by Gasteiger charge is -2.25. The van der Waals surface area contributed by atoms with Gasteiger partial charge < -0.3 is 19.5 Å². The molecule has 0 bridgehead atoms. The zero-order valence-corrected chi connectivity index (χ0v) is 18.3. The second-order valence-corrected chi connectivity index (χ2v) is 9.39. The summed E-state index contributed by atoms with van der Waals surface area (Å²) in [6.07, 6.45) is 4.81. The Morgan fingerprint density at radius 3 is 2.84 bits per heavy atom. The number of rotatable bonds is 5. The predicted octanol–water partition coefficient (Wildman–Crippen LogP) is 3.74. The van der Waals surface area contributed by atoms with Crippen LogP contribution in [0.4, 0.5) is 5.82 Å². The van der Waals surface area contributed by atoms with Crippen LogP contribution in [0.1, 0.15) is 34.7 Å². The van der Waals surface area contributed by atoms with Gasteiger partial charge >= 0.3 is 0 Å². The lowest BCUT2D eigenvalue weighted by atomic mass is 9.97. The first-order valence-corrected chi connectivity index (χ1v) is 11.9. The number of nitrogens with zero attached hydrogens (tertiary/aromatic N) is 3. The summed E-state index contributed by atoms with van der Waals surface area (Å²) in [5, 5.41) is 4.85. The zero-order chi connectivity index (χ0) is 20.6. The number of benzene rings is 1. The fourth-order valence-corrected chi connectivity index (χ4v) is 5.88. The van der Waals surface area contributed by atoms with Crippen LogP contribution in [0.25, 0.3) is 10.2 Å². The van der Waals surface area contributed by atoms with Gasteiger partial charge in [0.25, 0.3) is 0 Å². The van der Waals surface area contributed by atoms with Crippen LogP contribution in [-0.2, 0) is 30.7 Å². The highest BCUT2D eigenvalue weighted by molar-refractivity contribution is 7.19. The average Bonchev–Trinajstić information content (AvgIpc) is 3.42. The summed E-state index contributed by atoms with van der Waals surface area (Å²) >= 11 is 1.86. The van der Waals surface area contributed by atoms with E-state index in [1.807, 2.05) is 23.5 Å². The molecule has 0 unspecified atom stereocenters. The molecule has 1 aromatic carbocycles. The molecule has 1 N–H and O–H groups in total. The molecule has 7 nitrogen and oxygen atoms in total. The van der Waals surface area contributed by atoms with Crippen LogP contribution in [-0.4, -0.2) is 48.0 Å². The number of anilines is 1. The molecule has 8 heteroatoms. The third-order valence-corrected chi connectivity index (χ3v) is 7.41. The minimum absolute atomic E-state index is 0.296. The second kappa shape index (κ2) is 8.26. The van der Waals surface area contributed by atoms with Crippen LogP contribution < -0.4 is 14.8 Å². The molecule has 1 saturated heterocycles. The van der Waals surface area contributed by atoms with Crippen molar-refractivity contribution in [3.63, 3.8) is 0 Å². The first kappa shape index (κ1) is 19.3. The Kier molecular flexibility index (Phi) is 5.13. The van der Waals surface area contributed by atoms with E-state index in [0.717, 1.165) is 79.2 Å². The van der Waals surface area contributed by atoms with Crippen LogP contribution in [0, 0.1) is 0 Å². The van der Waals surface area contributed by atoms with E-state index < -0.39 is 0 Å². The van der Waals surface area contributed by atoms with Crippen LogP contribution in [0.2, 0.25) is 0 Å². The first-order valence-electron chi connectivity index (χ1n) is 11.1.